The quantitative estimate of drug-likeness (QED) is 0.359. The molecule has 0 fully saturated rings. The SMILES string of the molecule is CCCCCCC(NC(=O)OCCCl)C(=O)OCC(C)C. The Kier molecular flexibility index (Phi) is 12.2. The molecule has 1 unspecified atom stereocenters. The van der Waals surface area contributed by atoms with Crippen LogP contribution in [0.1, 0.15) is 52.9 Å². The maximum atomic E-state index is 12.0. The molecule has 0 aromatic carbocycles. The van der Waals surface area contributed by atoms with Gasteiger partial charge in [-0.2, -0.15) is 0 Å². The van der Waals surface area contributed by atoms with E-state index in [0.717, 1.165) is 25.7 Å². The van der Waals surface area contributed by atoms with Crippen molar-refractivity contribution in [1.82, 2.24) is 5.32 Å². The van der Waals surface area contributed by atoms with Crippen LogP contribution in [0.15, 0.2) is 0 Å². The second-order valence-corrected chi connectivity index (χ2v) is 5.77. The van der Waals surface area contributed by atoms with Crippen LogP contribution in [-0.4, -0.2) is 37.2 Å². The number of carbonyl (C=O) groups excluding carboxylic acids is 2. The van der Waals surface area contributed by atoms with Crippen molar-refractivity contribution >= 4 is 23.7 Å². The van der Waals surface area contributed by atoms with Gasteiger partial charge in [0.2, 0.25) is 0 Å². The Morgan fingerprint density at radius 1 is 1.14 bits per heavy atom. The summed E-state index contributed by atoms with van der Waals surface area (Å²) >= 11 is 5.45. The Balaban J connectivity index is 4.31. The first-order valence-corrected chi connectivity index (χ1v) is 8.20. The topological polar surface area (TPSA) is 64.6 Å². The van der Waals surface area contributed by atoms with Crippen LogP contribution in [-0.2, 0) is 14.3 Å². The number of hydrogen-bond acceptors (Lipinski definition) is 4. The summed E-state index contributed by atoms with van der Waals surface area (Å²) in [4.78, 5) is 23.5. The summed E-state index contributed by atoms with van der Waals surface area (Å²) in [5.41, 5.74) is 0. The van der Waals surface area contributed by atoms with Crippen molar-refractivity contribution in [2.75, 3.05) is 19.1 Å². The van der Waals surface area contributed by atoms with Crippen LogP contribution >= 0.6 is 11.6 Å². The molecule has 6 heteroatoms. The number of esters is 1. The van der Waals surface area contributed by atoms with E-state index in [0.29, 0.717) is 13.0 Å². The molecule has 0 spiro atoms. The number of amides is 1. The van der Waals surface area contributed by atoms with Crippen molar-refractivity contribution in [2.45, 2.75) is 58.9 Å². The van der Waals surface area contributed by atoms with Gasteiger partial charge in [-0.25, -0.2) is 9.59 Å². The summed E-state index contributed by atoms with van der Waals surface area (Å²) in [5.74, 6) is 0.0905. The van der Waals surface area contributed by atoms with Crippen LogP contribution < -0.4 is 5.32 Å². The van der Waals surface area contributed by atoms with Gasteiger partial charge in [0, 0.05) is 0 Å². The lowest BCUT2D eigenvalue weighted by atomic mass is 10.1. The number of alkyl carbamates (subject to hydrolysis) is 1. The van der Waals surface area contributed by atoms with Crippen molar-refractivity contribution in [3.8, 4) is 0 Å². The number of unbranched alkanes of at least 4 members (excludes halogenated alkanes) is 3. The van der Waals surface area contributed by atoms with E-state index in [1.807, 2.05) is 13.8 Å². The maximum absolute atomic E-state index is 12.0. The zero-order chi connectivity index (χ0) is 16.1. The van der Waals surface area contributed by atoms with Crippen molar-refractivity contribution in [3.63, 3.8) is 0 Å². The molecule has 1 atom stereocenters. The third-order valence-corrected chi connectivity index (χ3v) is 2.95. The van der Waals surface area contributed by atoms with Gasteiger partial charge in [-0.1, -0.05) is 46.5 Å². The Bertz CT molecular complexity index is 297. The number of rotatable bonds is 11. The standard InChI is InChI=1S/C15H28ClNO4/c1-4-5-6-7-8-13(14(18)21-11-12(2)3)17-15(19)20-10-9-16/h12-13H,4-11H2,1-3H3,(H,17,19). The van der Waals surface area contributed by atoms with Crippen molar-refractivity contribution in [2.24, 2.45) is 5.92 Å². The predicted octanol–water partition coefficient (Wildman–Crippen LogP) is 3.49. The first-order valence-electron chi connectivity index (χ1n) is 7.67. The first kappa shape index (κ1) is 20.0. The summed E-state index contributed by atoms with van der Waals surface area (Å²) in [6.07, 6.45) is 4.07. The summed E-state index contributed by atoms with van der Waals surface area (Å²) < 4.78 is 10.0. The molecule has 0 heterocycles. The molecule has 0 saturated heterocycles. The smallest absolute Gasteiger partial charge is 0.407 e. The van der Waals surface area contributed by atoms with Crippen molar-refractivity contribution in [3.05, 3.63) is 0 Å². The summed E-state index contributed by atoms with van der Waals surface area (Å²) in [6.45, 7) is 6.52. The Labute approximate surface area is 132 Å². The van der Waals surface area contributed by atoms with Crippen LogP contribution in [0, 0.1) is 5.92 Å². The van der Waals surface area contributed by atoms with Gasteiger partial charge in [0.25, 0.3) is 0 Å². The zero-order valence-corrected chi connectivity index (χ0v) is 14.1. The van der Waals surface area contributed by atoms with Gasteiger partial charge in [0.1, 0.15) is 12.6 Å². The maximum Gasteiger partial charge on any atom is 0.407 e. The average Bonchev–Trinajstić information content (AvgIpc) is 2.45. The second-order valence-electron chi connectivity index (χ2n) is 5.40. The molecule has 124 valence electrons. The molecular formula is C15H28ClNO4. The minimum atomic E-state index is -0.650. The molecule has 0 aliphatic carbocycles. The fourth-order valence-electron chi connectivity index (χ4n) is 1.69. The van der Waals surface area contributed by atoms with E-state index in [1.54, 1.807) is 0 Å². The lowest BCUT2D eigenvalue weighted by molar-refractivity contribution is -0.147. The van der Waals surface area contributed by atoms with Crippen LogP contribution in [0.5, 0.6) is 0 Å². The first-order chi connectivity index (χ1) is 10.0. The number of ether oxygens (including phenoxy) is 2. The fraction of sp³-hybridized carbons (Fsp3) is 0.867. The van der Waals surface area contributed by atoms with Gasteiger partial charge in [-0.3, -0.25) is 0 Å². The van der Waals surface area contributed by atoms with Gasteiger partial charge in [0.05, 0.1) is 12.5 Å². The minimum Gasteiger partial charge on any atom is -0.464 e. The van der Waals surface area contributed by atoms with Crippen LogP contribution in [0.2, 0.25) is 0 Å². The van der Waals surface area contributed by atoms with E-state index < -0.39 is 18.1 Å². The molecule has 0 aliphatic heterocycles. The largest absolute Gasteiger partial charge is 0.464 e. The van der Waals surface area contributed by atoms with E-state index in [2.05, 4.69) is 12.2 Å². The van der Waals surface area contributed by atoms with Crippen LogP contribution in [0.4, 0.5) is 4.79 Å². The number of nitrogens with one attached hydrogen (secondary N) is 1. The molecule has 0 aromatic rings. The van der Waals surface area contributed by atoms with Crippen LogP contribution in [0.3, 0.4) is 0 Å². The third kappa shape index (κ3) is 11.4. The molecule has 1 amide bonds. The lowest BCUT2D eigenvalue weighted by Gasteiger charge is -2.18. The number of halogens is 1. The van der Waals surface area contributed by atoms with E-state index in [9.17, 15) is 9.59 Å². The van der Waals surface area contributed by atoms with E-state index >= 15 is 0 Å². The Hall–Kier alpha value is -0.970. The third-order valence-electron chi connectivity index (χ3n) is 2.79. The Morgan fingerprint density at radius 3 is 2.43 bits per heavy atom. The highest BCUT2D eigenvalue weighted by molar-refractivity contribution is 6.18. The molecular weight excluding hydrogens is 294 g/mol. The molecule has 0 aromatic heterocycles. The van der Waals surface area contributed by atoms with Gasteiger partial charge < -0.3 is 14.8 Å². The molecule has 0 rings (SSSR count). The van der Waals surface area contributed by atoms with Gasteiger partial charge >= 0.3 is 12.1 Å². The second kappa shape index (κ2) is 12.7. The highest BCUT2D eigenvalue weighted by atomic mass is 35.5. The average molecular weight is 322 g/mol. The monoisotopic (exact) mass is 321 g/mol. The molecule has 0 bridgehead atoms. The highest BCUT2D eigenvalue weighted by Gasteiger charge is 2.22. The summed E-state index contributed by atoms with van der Waals surface area (Å²) in [7, 11) is 0. The van der Waals surface area contributed by atoms with E-state index in [-0.39, 0.29) is 18.4 Å². The molecule has 21 heavy (non-hydrogen) atoms. The van der Waals surface area contributed by atoms with E-state index in [1.165, 1.54) is 0 Å². The van der Waals surface area contributed by atoms with Crippen molar-refractivity contribution < 1.29 is 19.1 Å². The van der Waals surface area contributed by atoms with Crippen LogP contribution in [0.25, 0.3) is 0 Å². The van der Waals surface area contributed by atoms with Gasteiger partial charge in [0.15, 0.2) is 0 Å². The van der Waals surface area contributed by atoms with E-state index in [4.69, 9.17) is 21.1 Å². The molecule has 0 radical (unpaired) electrons. The van der Waals surface area contributed by atoms with Gasteiger partial charge in [-0.15, -0.1) is 11.6 Å². The minimum absolute atomic E-state index is 0.122. The molecule has 1 N–H and O–H groups in total. The zero-order valence-electron chi connectivity index (χ0n) is 13.3. The summed E-state index contributed by atoms with van der Waals surface area (Å²) in [5, 5.41) is 2.56. The molecule has 5 nitrogen and oxygen atoms in total. The summed E-state index contributed by atoms with van der Waals surface area (Å²) in [6, 6.07) is -0.650. The molecule has 0 aliphatic rings. The van der Waals surface area contributed by atoms with Gasteiger partial charge in [-0.05, 0) is 12.3 Å². The number of carbonyl (C=O) groups is 2. The predicted molar refractivity (Wildman–Crippen MR) is 83.5 cm³/mol. The Morgan fingerprint density at radius 2 is 1.86 bits per heavy atom. The normalized spacial score (nSPS) is 12.0. The number of hydrogen-bond donors (Lipinski definition) is 1. The lowest BCUT2D eigenvalue weighted by Crippen LogP contribution is -2.42. The number of alkyl halides is 1. The fourth-order valence-corrected chi connectivity index (χ4v) is 1.77. The van der Waals surface area contributed by atoms with Crippen molar-refractivity contribution in [1.29, 1.82) is 0 Å². The molecule has 0 saturated carbocycles. The highest BCUT2D eigenvalue weighted by Crippen LogP contribution is 2.08.